The first-order valence-electron chi connectivity index (χ1n) is 9.53. The summed E-state index contributed by atoms with van der Waals surface area (Å²) in [5.41, 5.74) is 4.43. The summed E-state index contributed by atoms with van der Waals surface area (Å²) in [6.07, 6.45) is 3.86. The molecule has 1 heterocycles. The van der Waals surface area contributed by atoms with Crippen molar-refractivity contribution in [1.29, 1.82) is 0 Å². The van der Waals surface area contributed by atoms with E-state index in [0.717, 1.165) is 23.6 Å². The molecule has 0 spiro atoms. The van der Waals surface area contributed by atoms with Crippen LogP contribution in [-0.2, 0) is 6.67 Å². The molecule has 4 rings (SSSR count). The Morgan fingerprint density at radius 1 is 1.00 bits per heavy atom. The van der Waals surface area contributed by atoms with E-state index in [-0.39, 0.29) is 0 Å². The zero-order valence-corrected chi connectivity index (χ0v) is 14.7. The number of alkyl halides is 1. The lowest BCUT2D eigenvalue weighted by Crippen LogP contribution is -2.34. The zero-order valence-electron chi connectivity index (χ0n) is 14.7. The Kier molecular flexibility index (Phi) is 5.14. The van der Waals surface area contributed by atoms with E-state index in [1.165, 1.54) is 43.5 Å². The molecule has 3 heteroatoms. The molecule has 0 radical (unpaired) electrons. The average Bonchev–Trinajstić information content (AvgIpc) is 3.47. The highest BCUT2D eigenvalue weighted by atomic mass is 19.1. The molecule has 1 aliphatic heterocycles. The Balaban J connectivity index is 1.33. The van der Waals surface area contributed by atoms with Crippen LogP contribution in [0.1, 0.15) is 36.3 Å². The van der Waals surface area contributed by atoms with Gasteiger partial charge in [0.15, 0.2) is 0 Å². The largest absolute Gasteiger partial charge is 0.317 e. The van der Waals surface area contributed by atoms with Crippen molar-refractivity contribution in [1.82, 2.24) is 10.6 Å². The highest BCUT2D eigenvalue weighted by Gasteiger charge is 2.38. The first kappa shape index (κ1) is 16.7. The van der Waals surface area contributed by atoms with E-state index in [1.54, 1.807) is 0 Å². The monoisotopic (exact) mass is 338 g/mol. The summed E-state index contributed by atoms with van der Waals surface area (Å²) in [7, 11) is 0. The lowest BCUT2D eigenvalue weighted by molar-refractivity contribution is 0.355. The van der Waals surface area contributed by atoms with E-state index in [0.29, 0.717) is 12.0 Å². The molecule has 0 unspecified atom stereocenters. The molecule has 2 N–H and O–H groups in total. The van der Waals surface area contributed by atoms with Gasteiger partial charge < -0.3 is 10.6 Å². The fourth-order valence-corrected chi connectivity index (χ4v) is 3.95. The highest BCUT2D eigenvalue weighted by Crippen LogP contribution is 2.41. The molecular formula is C22H27FN2. The van der Waals surface area contributed by atoms with Crippen molar-refractivity contribution in [2.75, 3.05) is 19.6 Å². The summed E-state index contributed by atoms with van der Waals surface area (Å²) in [6, 6.07) is 17.2. The van der Waals surface area contributed by atoms with Crippen LogP contribution in [0.2, 0.25) is 0 Å². The number of rotatable bonds is 6. The van der Waals surface area contributed by atoms with Gasteiger partial charge in [0.05, 0.1) is 0 Å². The van der Waals surface area contributed by atoms with Gasteiger partial charge in [-0.05, 0) is 73.1 Å². The van der Waals surface area contributed by atoms with Gasteiger partial charge in [-0.1, -0.05) is 42.5 Å². The van der Waals surface area contributed by atoms with Crippen LogP contribution in [-0.4, -0.2) is 25.7 Å². The second-order valence-electron chi connectivity index (χ2n) is 7.51. The van der Waals surface area contributed by atoms with Gasteiger partial charge in [0.25, 0.3) is 0 Å². The van der Waals surface area contributed by atoms with Gasteiger partial charge in [-0.25, -0.2) is 4.39 Å². The minimum atomic E-state index is -0.404. The SMILES string of the molecule is FCc1cccc(-c2ccc([C@H]3C[C@@H]3NCC3CCNCC3)cc2)c1. The van der Waals surface area contributed by atoms with Gasteiger partial charge in [-0.2, -0.15) is 0 Å². The molecule has 1 saturated heterocycles. The summed E-state index contributed by atoms with van der Waals surface area (Å²) in [5.74, 6) is 1.50. The zero-order chi connectivity index (χ0) is 17.1. The predicted molar refractivity (Wildman–Crippen MR) is 101 cm³/mol. The standard InChI is InChI=1S/C22H27FN2/c23-14-17-2-1-3-20(12-17)18-4-6-19(7-5-18)21-13-22(21)25-15-16-8-10-24-11-9-16/h1-7,12,16,21-22,24-25H,8-11,13-15H2/t21-,22+/m1/s1. The minimum Gasteiger partial charge on any atom is -0.317 e. The molecule has 0 bridgehead atoms. The fraction of sp³-hybridized carbons (Fsp3) is 0.455. The first-order valence-corrected chi connectivity index (χ1v) is 9.53. The molecular weight excluding hydrogens is 311 g/mol. The molecule has 0 amide bonds. The van der Waals surface area contributed by atoms with Gasteiger partial charge in [0, 0.05) is 12.0 Å². The third kappa shape index (κ3) is 4.10. The van der Waals surface area contributed by atoms with Gasteiger partial charge in [-0.15, -0.1) is 0 Å². The second-order valence-corrected chi connectivity index (χ2v) is 7.51. The molecule has 2 aromatic rings. The Bertz CT molecular complexity index is 691. The Labute approximate surface area is 149 Å². The third-order valence-electron chi connectivity index (χ3n) is 5.67. The molecule has 2 aliphatic rings. The van der Waals surface area contributed by atoms with Crippen LogP contribution >= 0.6 is 0 Å². The summed E-state index contributed by atoms with van der Waals surface area (Å²) < 4.78 is 12.8. The van der Waals surface area contributed by atoms with Crippen molar-refractivity contribution in [3.63, 3.8) is 0 Å². The molecule has 132 valence electrons. The summed E-state index contributed by atoms with van der Waals surface area (Å²) in [5, 5.41) is 7.20. The van der Waals surface area contributed by atoms with Gasteiger partial charge in [-0.3, -0.25) is 0 Å². The van der Waals surface area contributed by atoms with E-state index in [9.17, 15) is 4.39 Å². The van der Waals surface area contributed by atoms with Gasteiger partial charge in [0.1, 0.15) is 6.67 Å². The van der Waals surface area contributed by atoms with Crippen molar-refractivity contribution in [3.8, 4) is 11.1 Å². The molecule has 25 heavy (non-hydrogen) atoms. The molecule has 2 fully saturated rings. The lowest BCUT2D eigenvalue weighted by atomic mass is 9.98. The number of halogens is 1. The maximum Gasteiger partial charge on any atom is 0.115 e. The molecule has 2 aromatic carbocycles. The van der Waals surface area contributed by atoms with E-state index in [4.69, 9.17) is 0 Å². The Morgan fingerprint density at radius 3 is 2.56 bits per heavy atom. The number of hydrogen-bond donors (Lipinski definition) is 2. The van der Waals surface area contributed by atoms with E-state index >= 15 is 0 Å². The van der Waals surface area contributed by atoms with Crippen molar-refractivity contribution >= 4 is 0 Å². The van der Waals surface area contributed by atoms with Crippen LogP contribution < -0.4 is 10.6 Å². The molecule has 1 aliphatic carbocycles. The fourth-order valence-electron chi connectivity index (χ4n) is 3.95. The molecule has 2 atom stereocenters. The quantitative estimate of drug-likeness (QED) is 0.822. The number of nitrogens with one attached hydrogen (secondary N) is 2. The normalized spacial score (nSPS) is 23.6. The Morgan fingerprint density at radius 2 is 1.80 bits per heavy atom. The lowest BCUT2D eigenvalue weighted by Gasteiger charge is -2.22. The van der Waals surface area contributed by atoms with Gasteiger partial charge in [0.2, 0.25) is 0 Å². The van der Waals surface area contributed by atoms with Crippen LogP contribution in [0, 0.1) is 5.92 Å². The van der Waals surface area contributed by atoms with Crippen LogP contribution in [0.15, 0.2) is 48.5 Å². The van der Waals surface area contributed by atoms with Crippen molar-refractivity contribution in [2.45, 2.75) is 37.9 Å². The number of benzene rings is 2. The van der Waals surface area contributed by atoms with Crippen LogP contribution in [0.25, 0.3) is 11.1 Å². The highest BCUT2D eigenvalue weighted by molar-refractivity contribution is 5.64. The summed E-state index contributed by atoms with van der Waals surface area (Å²) in [4.78, 5) is 0. The van der Waals surface area contributed by atoms with Gasteiger partial charge >= 0.3 is 0 Å². The number of hydrogen-bond acceptors (Lipinski definition) is 2. The van der Waals surface area contributed by atoms with Crippen molar-refractivity contribution in [2.24, 2.45) is 5.92 Å². The van der Waals surface area contributed by atoms with E-state index in [2.05, 4.69) is 41.0 Å². The number of piperidine rings is 1. The van der Waals surface area contributed by atoms with Crippen LogP contribution in [0.4, 0.5) is 4.39 Å². The molecule has 2 nitrogen and oxygen atoms in total. The van der Waals surface area contributed by atoms with E-state index in [1.807, 2.05) is 18.2 Å². The summed E-state index contributed by atoms with van der Waals surface area (Å²) in [6.45, 7) is 3.10. The second kappa shape index (κ2) is 7.67. The van der Waals surface area contributed by atoms with Crippen molar-refractivity contribution in [3.05, 3.63) is 59.7 Å². The molecule has 1 saturated carbocycles. The maximum absolute atomic E-state index is 12.8. The van der Waals surface area contributed by atoms with Crippen molar-refractivity contribution < 1.29 is 4.39 Å². The third-order valence-corrected chi connectivity index (χ3v) is 5.67. The minimum absolute atomic E-state index is 0.404. The van der Waals surface area contributed by atoms with E-state index < -0.39 is 6.67 Å². The first-order chi connectivity index (χ1) is 12.3. The maximum atomic E-state index is 12.8. The molecule has 0 aromatic heterocycles. The average molecular weight is 338 g/mol. The van der Waals surface area contributed by atoms with Crippen LogP contribution in [0.5, 0.6) is 0 Å². The predicted octanol–water partition coefficient (Wildman–Crippen LogP) is 4.27. The summed E-state index contributed by atoms with van der Waals surface area (Å²) >= 11 is 0. The van der Waals surface area contributed by atoms with Crippen LogP contribution in [0.3, 0.4) is 0 Å². The topological polar surface area (TPSA) is 24.1 Å². The Hall–Kier alpha value is -1.71. The smallest absolute Gasteiger partial charge is 0.115 e.